The van der Waals surface area contributed by atoms with Crippen molar-refractivity contribution in [2.45, 2.75) is 25.7 Å². The predicted molar refractivity (Wildman–Crippen MR) is 125 cm³/mol. The molecule has 0 radical (unpaired) electrons. The summed E-state index contributed by atoms with van der Waals surface area (Å²) in [7, 11) is 0. The van der Waals surface area contributed by atoms with Crippen LogP contribution in [0.2, 0.25) is 0 Å². The van der Waals surface area contributed by atoms with Gasteiger partial charge in [0.05, 0.1) is 35.6 Å². The third-order valence-electron chi connectivity index (χ3n) is 5.87. The Labute approximate surface area is 195 Å². The van der Waals surface area contributed by atoms with Gasteiger partial charge in [-0.1, -0.05) is 6.07 Å². The number of amides is 2. The van der Waals surface area contributed by atoms with Crippen molar-refractivity contribution in [3.63, 3.8) is 0 Å². The maximum Gasteiger partial charge on any atom is 0.257 e. The highest BCUT2D eigenvalue weighted by atomic mass is 19.1. The van der Waals surface area contributed by atoms with E-state index < -0.39 is 5.82 Å². The summed E-state index contributed by atoms with van der Waals surface area (Å²) in [6, 6.07) is 10.5. The number of fused-ring (bicyclic) bond motifs is 1. The second-order valence-corrected chi connectivity index (χ2v) is 8.29. The molecule has 1 aliphatic heterocycles. The van der Waals surface area contributed by atoms with Gasteiger partial charge in [0, 0.05) is 31.0 Å². The average molecular weight is 458 g/mol. The summed E-state index contributed by atoms with van der Waals surface area (Å²) in [5, 5.41) is 7.18. The van der Waals surface area contributed by atoms with Crippen molar-refractivity contribution < 1.29 is 14.0 Å². The molecule has 2 amide bonds. The molecule has 1 N–H and O–H groups in total. The van der Waals surface area contributed by atoms with E-state index in [-0.39, 0.29) is 18.2 Å². The lowest BCUT2D eigenvalue weighted by atomic mass is 10.1. The number of pyridine rings is 3. The maximum atomic E-state index is 13.3. The Kier molecular flexibility index (Phi) is 5.99. The molecule has 0 aromatic carbocycles. The summed E-state index contributed by atoms with van der Waals surface area (Å²) < 4.78 is 15.0. The lowest BCUT2D eigenvalue weighted by Gasteiger charge is -2.26. The topological polar surface area (TPSA) is 92.5 Å². The molecule has 9 heteroatoms. The number of carbonyl (C=O) groups is 2. The maximum absolute atomic E-state index is 13.3. The summed E-state index contributed by atoms with van der Waals surface area (Å²) in [5.74, 6) is -0.410. The van der Waals surface area contributed by atoms with E-state index in [2.05, 4.69) is 20.4 Å². The number of piperidine rings is 1. The van der Waals surface area contributed by atoms with Gasteiger partial charge in [-0.3, -0.25) is 14.6 Å². The van der Waals surface area contributed by atoms with E-state index in [0.29, 0.717) is 16.9 Å². The molecule has 1 saturated heterocycles. The Morgan fingerprint density at radius 1 is 1.00 bits per heavy atom. The minimum Gasteiger partial charge on any atom is -0.339 e. The van der Waals surface area contributed by atoms with Gasteiger partial charge >= 0.3 is 0 Å². The zero-order valence-electron chi connectivity index (χ0n) is 18.4. The number of hydrogen-bond acceptors (Lipinski definition) is 5. The van der Waals surface area contributed by atoms with Gasteiger partial charge in [0.1, 0.15) is 11.6 Å². The predicted octanol–water partition coefficient (Wildman–Crippen LogP) is 3.74. The van der Waals surface area contributed by atoms with Gasteiger partial charge in [-0.25, -0.2) is 13.9 Å². The van der Waals surface area contributed by atoms with Gasteiger partial charge in [-0.2, -0.15) is 5.10 Å². The quantitative estimate of drug-likeness (QED) is 0.492. The molecule has 8 nitrogen and oxygen atoms in total. The fourth-order valence-electron chi connectivity index (χ4n) is 4.21. The Hall–Kier alpha value is -4.14. The zero-order valence-corrected chi connectivity index (χ0v) is 18.4. The molecule has 4 aromatic rings. The number of nitrogens with zero attached hydrogens (tertiary/aromatic N) is 5. The van der Waals surface area contributed by atoms with E-state index in [9.17, 15) is 14.0 Å². The van der Waals surface area contributed by atoms with Crippen LogP contribution in [0.4, 0.5) is 10.2 Å². The lowest BCUT2D eigenvalue weighted by Crippen LogP contribution is -2.35. The van der Waals surface area contributed by atoms with E-state index in [0.717, 1.165) is 55.3 Å². The molecule has 0 bridgehead atoms. The molecule has 1 aliphatic rings. The molecule has 5 heterocycles. The first-order valence-electron chi connectivity index (χ1n) is 11.2. The van der Waals surface area contributed by atoms with Crippen molar-refractivity contribution >= 4 is 23.1 Å². The summed E-state index contributed by atoms with van der Waals surface area (Å²) in [6.45, 7) is 1.56. The molecule has 4 aromatic heterocycles. The van der Waals surface area contributed by atoms with Crippen LogP contribution in [0.15, 0.2) is 61.2 Å². The van der Waals surface area contributed by atoms with Crippen LogP contribution in [-0.4, -0.2) is 49.4 Å². The number of likely N-dealkylation sites (tertiary alicyclic amines) is 1. The summed E-state index contributed by atoms with van der Waals surface area (Å²) >= 11 is 0. The SMILES string of the molecule is O=C(Cc1cncc(F)c1)Nc1ccc(-c2cccc3c(C(=O)N4CCCCC4)cnn23)cn1. The molecule has 0 saturated carbocycles. The minimum atomic E-state index is -0.485. The number of hydrogen-bond donors (Lipinski definition) is 1. The van der Waals surface area contributed by atoms with Gasteiger partial charge in [-0.05, 0) is 55.2 Å². The summed E-state index contributed by atoms with van der Waals surface area (Å²) in [4.78, 5) is 35.3. The monoisotopic (exact) mass is 458 g/mol. The number of aromatic nitrogens is 4. The number of nitrogens with one attached hydrogen (secondary N) is 1. The lowest BCUT2D eigenvalue weighted by molar-refractivity contribution is -0.115. The van der Waals surface area contributed by atoms with Crippen LogP contribution >= 0.6 is 0 Å². The van der Waals surface area contributed by atoms with Crippen LogP contribution in [0.5, 0.6) is 0 Å². The van der Waals surface area contributed by atoms with Crippen LogP contribution in [-0.2, 0) is 11.2 Å². The summed E-state index contributed by atoms with van der Waals surface area (Å²) in [6.07, 6.45) is 9.03. The van der Waals surface area contributed by atoms with Crippen molar-refractivity contribution in [1.82, 2.24) is 24.5 Å². The van der Waals surface area contributed by atoms with E-state index >= 15 is 0 Å². The average Bonchev–Trinajstić information content (AvgIpc) is 3.29. The van der Waals surface area contributed by atoms with E-state index in [1.165, 1.54) is 12.3 Å². The first-order chi connectivity index (χ1) is 16.6. The highest BCUT2D eigenvalue weighted by Gasteiger charge is 2.22. The Morgan fingerprint density at radius 2 is 1.85 bits per heavy atom. The molecule has 5 rings (SSSR count). The van der Waals surface area contributed by atoms with Crippen molar-refractivity contribution in [1.29, 1.82) is 0 Å². The fourth-order valence-corrected chi connectivity index (χ4v) is 4.21. The van der Waals surface area contributed by atoms with Crippen LogP contribution < -0.4 is 5.32 Å². The molecule has 0 spiro atoms. The Bertz CT molecular complexity index is 1350. The third-order valence-corrected chi connectivity index (χ3v) is 5.87. The fraction of sp³-hybridized carbons (Fsp3) is 0.240. The van der Waals surface area contributed by atoms with Gasteiger partial charge in [0.15, 0.2) is 0 Å². The van der Waals surface area contributed by atoms with Crippen molar-refractivity contribution in [2.24, 2.45) is 0 Å². The third kappa shape index (κ3) is 4.50. The van der Waals surface area contributed by atoms with Crippen LogP contribution in [0, 0.1) is 5.82 Å². The van der Waals surface area contributed by atoms with Gasteiger partial charge in [0.2, 0.25) is 5.91 Å². The van der Waals surface area contributed by atoms with Crippen molar-refractivity contribution in [3.8, 4) is 11.3 Å². The number of carbonyl (C=O) groups excluding carboxylic acids is 2. The van der Waals surface area contributed by atoms with Gasteiger partial charge in [0.25, 0.3) is 5.91 Å². The highest BCUT2D eigenvalue weighted by molar-refractivity contribution is 6.01. The molecule has 0 aliphatic carbocycles. The van der Waals surface area contributed by atoms with Crippen LogP contribution in [0.3, 0.4) is 0 Å². The highest BCUT2D eigenvalue weighted by Crippen LogP contribution is 2.24. The zero-order chi connectivity index (χ0) is 23.5. The van der Waals surface area contributed by atoms with E-state index in [1.807, 2.05) is 29.2 Å². The standard InChI is InChI=1S/C25H23FN6O2/c26-19-11-17(13-27-15-19)12-24(33)30-23-8-7-18(14-28-23)21-5-4-6-22-20(16-29-32(21)22)25(34)31-9-2-1-3-10-31/h4-8,11,13-16H,1-3,9-10,12H2,(H,28,30,33). The molecule has 0 unspecified atom stereocenters. The molecule has 0 atom stereocenters. The van der Waals surface area contributed by atoms with Crippen molar-refractivity contribution in [3.05, 3.63) is 78.1 Å². The molecular weight excluding hydrogens is 435 g/mol. The molecule has 34 heavy (non-hydrogen) atoms. The van der Waals surface area contributed by atoms with E-state index in [1.54, 1.807) is 23.0 Å². The van der Waals surface area contributed by atoms with Crippen LogP contribution in [0.1, 0.15) is 35.2 Å². The molecule has 1 fully saturated rings. The van der Waals surface area contributed by atoms with Crippen LogP contribution in [0.25, 0.3) is 16.8 Å². The second-order valence-electron chi connectivity index (χ2n) is 8.29. The molecule has 172 valence electrons. The second kappa shape index (κ2) is 9.38. The van der Waals surface area contributed by atoms with Crippen molar-refractivity contribution in [2.75, 3.05) is 18.4 Å². The normalized spacial score (nSPS) is 13.7. The molecular formula is C25H23FN6O2. The number of halogens is 1. The Morgan fingerprint density at radius 3 is 2.62 bits per heavy atom. The largest absolute Gasteiger partial charge is 0.339 e. The first kappa shape index (κ1) is 21.7. The van der Waals surface area contributed by atoms with E-state index in [4.69, 9.17) is 0 Å². The Balaban J connectivity index is 1.33. The number of anilines is 1. The smallest absolute Gasteiger partial charge is 0.257 e. The van der Waals surface area contributed by atoms with Gasteiger partial charge in [-0.15, -0.1) is 0 Å². The summed E-state index contributed by atoms with van der Waals surface area (Å²) in [5.41, 5.74) is 3.39. The first-order valence-corrected chi connectivity index (χ1v) is 11.2. The minimum absolute atomic E-state index is 0.00535. The van der Waals surface area contributed by atoms with Gasteiger partial charge < -0.3 is 10.2 Å². The number of rotatable bonds is 5.